The van der Waals surface area contributed by atoms with Crippen LogP contribution in [0.4, 0.5) is 4.79 Å². The van der Waals surface area contributed by atoms with Crippen molar-refractivity contribution in [3.05, 3.63) is 35.9 Å². The van der Waals surface area contributed by atoms with Gasteiger partial charge in [0.2, 0.25) is 5.91 Å². The van der Waals surface area contributed by atoms with Gasteiger partial charge in [-0.2, -0.15) is 0 Å². The van der Waals surface area contributed by atoms with Crippen LogP contribution in [-0.2, 0) is 4.79 Å². The van der Waals surface area contributed by atoms with Crippen LogP contribution in [0, 0.1) is 0 Å². The minimum Gasteiger partial charge on any atom is -0.508 e. The van der Waals surface area contributed by atoms with E-state index < -0.39 is 0 Å². The SMILES string of the molecule is CC(C(=O)NC(=O)NC1CCCCC1)N1CC=C(c2ccc(O)cc2)CC1. The monoisotopic (exact) mass is 371 g/mol. The van der Waals surface area contributed by atoms with Crippen LogP contribution in [0.25, 0.3) is 5.57 Å². The molecule has 1 fully saturated rings. The number of benzene rings is 1. The van der Waals surface area contributed by atoms with Crippen molar-refractivity contribution in [2.75, 3.05) is 13.1 Å². The first-order chi connectivity index (χ1) is 13.0. The van der Waals surface area contributed by atoms with Gasteiger partial charge in [-0.1, -0.05) is 37.5 Å². The highest BCUT2D eigenvalue weighted by molar-refractivity contribution is 5.97. The molecule has 0 bridgehead atoms. The van der Waals surface area contributed by atoms with Gasteiger partial charge < -0.3 is 10.4 Å². The number of nitrogens with one attached hydrogen (secondary N) is 2. The van der Waals surface area contributed by atoms with Crippen molar-refractivity contribution in [1.29, 1.82) is 0 Å². The number of amides is 3. The average Bonchev–Trinajstić information content (AvgIpc) is 2.69. The number of phenols is 1. The van der Waals surface area contributed by atoms with Gasteiger partial charge in [0.15, 0.2) is 0 Å². The van der Waals surface area contributed by atoms with Crippen LogP contribution >= 0.6 is 0 Å². The fourth-order valence-electron chi connectivity index (χ4n) is 3.82. The summed E-state index contributed by atoms with van der Waals surface area (Å²) in [7, 11) is 0. The number of nitrogens with zero attached hydrogens (tertiary/aromatic N) is 1. The molecule has 1 atom stereocenters. The molecule has 6 nitrogen and oxygen atoms in total. The van der Waals surface area contributed by atoms with Crippen LogP contribution < -0.4 is 10.6 Å². The van der Waals surface area contributed by atoms with E-state index in [1.807, 2.05) is 19.1 Å². The molecule has 146 valence electrons. The standard InChI is InChI=1S/C21H29N3O3/c1-15(20(26)23-21(27)22-18-5-3-2-4-6-18)24-13-11-17(12-14-24)16-7-9-19(25)10-8-16/h7-11,15,18,25H,2-6,12-14H2,1H3,(H2,22,23,26,27). The van der Waals surface area contributed by atoms with Gasteiger partial charge in [0, 0.05) is 19.1 Å². The van der Waals surface area contributed by atoms with E-state index in [1.165, 1.54) is 12.0 Å². The molecule has 1 aromatic carbocycles. The summed E-state index contributed by atoms with van der Waals surface area (Å²) >= 11 is 0. The molecule has 3 rings (SSSR count). The van der Waals surface area contributed by atoms with Gasteiger partial charge in [-0.15, -0.1) is 0 Å². The Kier molecular flexibility index (Phi) is 6.50. The quantitative estimate of drug-likeness (QED) is 0.760. The summed E-state index contributed by atoms with van der Waals surface area (Å²) in [6.07, 6.45) is 8.43. The van der Waals surface area contributed by atoms with Gasteiger partial charge in [-0.05, 0) is 49.5 Å². The summed E-state index contributed by atoms with van der Waals surface area (Å²) in [6, 6.07) is 6.63. The van der Waals surface area contributed by atoms with Crippen LogP contribution in [0.15, 0.2) is 30.3 Å². The zero-order valence-corrected chi connectivity index (χ0v) is 15.9. The topological polar surface area (TPSA) is 81.7 Å². The highest BCUT2D eigenvalue weighted by atomic mass is 16.3. The molecule has 6 heteroatoms. The summed E-state index contributed by atoms with van der Waals surface area (Å²) in [5.41, 5.74) is 2.31. The highest BCUT2D eigenvalue weighted by Gasteiger charge is 2.25. The number of imide groups is 1. The smallest absolute Gasteiger partial charge is 0.321 e. The van der Waals surface area contributed by atoms with Crippen molar-refractivity contribution in [3.8, 4) is 5.75 Å². The Labute approximate surface area is 160 Å². The van der Waals surface area contributed by atoms with Crippen molar-refractivity contribution in [3.63, 3.8) is 0 Å². The normalized spacial score (nSPS) is 19.8. The van der Waals surface area contributed by atoms with Gasteiger partial charge >= 0.3 is 6.03 Å². The minimum atomic E-state index is -0.379. The summed E-state index contributed by atoms with van der Waals surface area (Å²) < 4.78 is 0. The molecule has 0 spiro atoms. The van der Waals surface area contributed by atoms with Crippen molar-refractivity contribution < 1.29 is 14.7 Å². The molecule has 1 aliphatic heterocycles. The van der Waals surface area contributed by atoms with E-state index >= 15 is 0 Å². The Morgan fingerprint density at radius 1 is 1.15 bits per heavy atom. The number of phenolic OH excluding ortho intramolecular Hbond substituents is 1. The Hall–Kier alpha value is -2.34. The van der Waals surface area contributed by atoms with Crippen molar-refractivity contribution in [2.24, 2.45) is 0 Å². The fourth-order valence-corrected chi connectivity index (χ4v) is 3.82. The fraction of sp³-hybridized carbons (Fsp3) is 0.524. The summed E-state index contributed by atoms with van der Waals surface area (Å²) in [5.74, 6) is -0.00150. The van der Waals surface area contributed by atoms with E-state index in [1.54, 1.807) is 12.1 Å². The van der Waals surface area contributed by atoms with Crippen molar-refractivity contribution in [1.82, 2.24) is 15.5 Å². The maximum absolute atomic E-state index is 12.4. The second kappa shape index (κ2) is 9.04. The zero-order valence-electron chi connectivity index (χ0n) is 15.9. The van der Waals surface area contributed by atoms with Crippen LogP contribution in [0.3, 0.4) is 0 Å². The first kappa shape index (κ1) is 19.4. The summed E-state index contributed by atoms with van der Waals surface area (Å²) in [5, 5.41) is 14.8. The molecule has 1 aliphatic carbocycles. The van der Waals surface area contributed by atoms with Crippen LogP contribution in [0.2, 0.25) is 0 Å². The summed E-state index contributed by atoms with van der Waals surface area (Å²) in [6.45, 7) is 3.25. The first-order valence-corrected chi connectivity index (χ1v) is 9.87. The average molecular weight is 371 g/mol. The minimum absolute atomic E-state index is 0.188. The molecule has 27 heavy (non-hydrogen) atoms. The predicted octanol–water partition coefficient (Wildman–Crippen LogP) is 3.03. The molecule has 0 saturated heterocycles. The van der Waals surface area contributed by atoms with E-state index in [9.17, 15) is 14.7 Å². The van der Waals surface area contributed by atoms with E-state index in [2.05, 4.69) is 21.6 Å². The second-order valence-electron chi connectivity index (χ2n) is 7.49. The molecule has 1 aromatic rings. The van der Waals surface area contributed by atoms with Crippen molar-refractivity contribution in [2.45, 2.75) is 57.5 Å². The molecule has 0 radical (unpaired) electrons. The molecule has 1 unspecified atom stereocenters. The highest BCUT2D eigenvalue weighted by Crippen LogP contribution is 2.24. The maximum Gasteiger partial charge on any atom is 0.321 e. The van der Waals surface area contributed by atoms with E-state index in [-0.39, 0.29) is 29.8 Å². The largest absolute Gasteiger partial charge is 0.508 e. The lowest BCUT2D eigenvalue weighted by molar-refractivity contribution is -0.124. The van der Waals surface area contributed by atoms with Gasteiger partial charge in [0.1, 0.15) is 5.75 Å². The predicted molar refractivity (Wildman–Crippen MR) is 105 cm³/mol. The zero-order chi connectivity index (χ0) is 19.2. The van der Waals surface area contributed by atoms with Gasteiger partial charge in [0.25, 0.3) is 0 Å². The van der Waals surface area contributed by atoms with E-state index in [4.69, 9.17) is 0 Å². The molecule has 1 heterocycles. The molecular formula is C21H29N3O3. The lowest BCUT2D eigenvalue weighted by atomic mass is 9.96. The molecule has 1 saturated carbocycles. The molecular weight excluding hydrogens is 342 g/mol. The number of urea groups is 1. The van der Waals surface area contributed by atoms with Crippen LogP contribution in [0.5, 0.6) is 5.75 Å². The summed E-state index contributed by atoms with van der Waals surface area (Å²) in [4.78, 5) is 26.6. The van der Waals surface area contributed by atoms with Gasteiger partial charge in [-0.3, -0.25) is 15.0 Å². The lowest BCUT2D eigenvalue weighted by Gasteiger charge is -2.31. The number of hydrogen-bond acceptors (Lipinski definition) is 4. The van der Waals surface area contributed by atoms with E-state index in [0.29, 0.717) is 6.54 Å². The van der Waals surface area contributed by atoms with Crippen molar-refractivity contribution >= 4 is 17.5 Å². The second-order valence-corrected chi connectivity index (χ2v) is 7.49. The maximum atomic E-state index is 12.4. The Morgan fingerprint density at radius 2 is 1.85 bits per heavy atom. The molecule has 3 amide bonds. The Balaban J connectivity index is 1.49. The van der Waals surface area contributed by atoms with E-state index in [0.717, 1.165) is 44.2 Å². The number of carbonyl (C=O) groups is 2. The van der Waals surface area contributed by atoms with Crippen LogP contribution in [-0.4, -0.2) is 47.1 Å². The molecule has 3 N–H and O–H groups in total. The number of aromatic hydroxyl groups is 1. The number of carbonyl (C=O) groups excluding carboxylic acids is 2. The number of rotatable bonds is 4. The number of hydrogen-bond donors (Lipinski definition) is 3. The van der Waals surface area contributed by atoms with Gasteiger partial charge in [-0.25, -0.2) is 4.79 Å². The third kappa shape index (κ3) is 5.32. The molecule has 0 aromatic heterocycles. The molecule has 2 aliphatic rings. The lowest BCUT2D eigenvalue weighted by Crippen LogP contribution is -2.52. The third-order valence-electron chi connectivity index (χ3n) is 5.58. The van der Waals surface area contributed by atoms with Crippen LogP contribution in [0.1, 0.15) is 51.0 Å². The van der Waals surface area contributed by atoms with Gasteiger partial charge in [0.05, 0.1) is 6.04 Å². The Bertz CT molecular complexity index is 693. The first-order valence-electron chi connectivity index (χ1n) is 9.87. The third-order valence-corrected chi connectivity index (χ3v) is 5.58. The Morgan fingerprint density at radius 3 is 2.48 bits per heavy atom.